The lowest BCUT2D eigenvalue weighted by Crippen LogP contribution is -2.44. The second-order valence-electron chi connectivity index (χ2n) is 5.81. The minimum atomic E-state index is -1.52. The molecule has 2 aromatic carbocycles. The van der Waals surface area contributed by atoms with Gasteiger partial charge in [0.15, 0.2) is 5.72 Å². The van der Waals surface area contributed by atoms with Gasteiger partial charge in [-0.15, -0.1) is 0 Å². The Labute approximate surface area is 140 Å². The third-order valence-corrected chi connectivity index (χ3v) is 4.38. The van der Waals surface area contributed by atoms with Crippen molar-refractivity contribution in [3.63, 3.8) is 0 Å². The highest BCUT2D eigenvalue weighted by molar-refractivity contribution is 5.98. The number of benzene rings is 2. The van der Waals surface area contributed by atoms with Crippen LogP contribution in [0.4, 0.5) is 0 Å². The van der Waals surface area contributed by atoms with Crippen LogP contribution in [0.2, 0.25) is 0 Å². The highest BCUT2D eigenvalue weighted by Crippen LogP contribution is 2.42. The second kappa shape index (κ2) is 5.58. The molecule has 1 aromatic heterocycles. The number of aromatic nitrogens is 1. The molecule has 3 aromatic rings. The van der Waals surface area contributed by atoms with E-state index < -0.39 is 5.72 Å². The molecule has 1 N–H and O–H groups in total. The maximum absolute atomic E-state index is 12.9. The Bertz CT molecular complexity index is 880. The van der Waals surface area contributed by atoms with Crippen molar-refractivity contribution >= 4 is 5.91 Å². The molecule has 0 spiro atoms. The lowest BCUT2D eigenvalue weighted by atomic mass is 9.95. The number of carbonyl (C=O) groups excluding carboxylic acids is 1. The molecule has 0 aliphatic carbocycles. The third kappa shape index (κ3) is 2.12. The van der Waals surface area contributed by atoms with Crippen molar-refractivity contribution in [3.8, 4) is 0 Å². The van der Waals surface area contributed by atoms with Gasteiger partial charge in [-0.05, 0) is 17.7 Å². The van der Waals surface area contributed by atoms with Gasteiger partial charge >= 0.3 is 0 Å². The minimum Gasteiger partial charge on any atom is -0.363 e. The Hall–Kier alpha value is -2.98. The first-order chi connectivity index (χ1) is 11.7. The number of hydrogen-bond donors (Lipinski definition) is 1. The van der Waals surface area contributed by atoms with E-state index in [1.165, 1.54) is 4.90 Å². The molecule has 24 heavy (non-hydrogen) atoms. The summed E-state index contributed by atoms with van der Waals surface area (Å²) < 4.78 is 0. The van der Waals surface area contributed by atoms with Crippen molar-refractivity contribution in [2.24, 2.45) is 0 Å². The molecule has 0 bridgehead atoms. The predicted octanol–water partition coefficient (Wildman–Crippen LogP) is 2.93. The average Bonchev–Trinajstić information content (AvgIpc) is 2.87. The van der Waals surface area contributed by atoms with E-state index in [9.17, 15) is 9.90 Å². The molecule has 0 radical (unpaired) electrons. The van der Waals surface area contributed by atoms with E-state index in [2.05, 4.69) is 4.98 Å². The number of pyridine rings is 1. The molecule has 1 aliphatic rings. The SMILES string of the molecule is O=C1c2ncccc2[C@](O)(c2ccccc2)N1Cc1ccccc1. The Morgan fingerprint density at radius 1 is 0.917 bits per heavy atom. The van der Waals surface area contributed by atoms with E-state index in [4.69, 9.17) is 0 Å². The maximum atomic E-state index is 12.9. The van der Waals surface area contributed by atoms with Crippen molar-refractivity contribution in [2.45, 2.75) is 12.3 Å². The van der Waals surface area contributed by atoms with Crippen LogP contribution in [-0.2, 0) is 12.3 Å². The number of carbonyl (C=O) groups is 1. The van der Waals surface area contributed by atoms with Gasteiger partial charge in [-0.1, -0.05) is 60.7 Å². The first-order valence-corrected chi connectivity index (χ1v) is 7.80. The highest BCUT2D eigenvalue weighted by atomic mass is 16.3. The number of amides is 1. The smallest absolute Gasteiger partial charge is 0.276 e. The van der Waals surface area contributed by atoms with Gasteiger partial charge in [-0.2, -0.15) is 0 Å². The standard InChI is InChI=1S/C20H16N2O2/c23-19-18-17(12-7-13-21-18)20(24,16-10-5-2-6-11-16)22(19)14-15-8-3-1-4-9-15/h1-13,24H,14H2/t20-/m1/s1. The number of aliphatic hydroxyl groups is 1. The van der Waals surface area contributed by atoms with Crippen LogP contribution in [0.5, 0.6) is 0 Å². The molecule has 0 fully saturated rings. The zero-order valence-electron chi connectivity index (χ0n) is 13.0. The fourth-order valence-electron chi connectivity index (χ4n) is 3.21. The fourth-order valence-corrected chi connectivity index (χ4v) is 3.21. The molecule has 4 heteroatoms. The number of rotatable bonds is 3. The summed E-state index contributed by atoms with van der Waals surface area (Å²) in [5.74, 6) is -0.263. The predicted molar refractivity (Wildman–Crippen MR) is 90.0 cm³/mol. The van der Waals surface area contributed by atoms with Crippen LogP contribution in [0, 0.1) is 0 Å². The first-order valence-electron chi connectivity index (χ1n) is 7.80. The molecule has 0 saturated carbocycles. The zero-order valence-corrected chi connectivity index (χ0v) is 13.0. The number of fused-ring (bicyclic) bond motifs is 1. The van der Waals surface area contributed by atoms with E-state index in [1.54, 1.807) is 18.3 Å². The Balaban J connectivity index is 1.87. The summed E-state index contributed by atoms with van der Waals surface area (Å²) in [7, 11) is 0. The van der Waals surface area contributed by atoms with Gasteiger partial charge < -0.3 is 5.11 Å². The van der Waals surface area contributed by atoms with Crippen molar-refractivity contribution in [1.29, 1.82) is 0 Å². The van der Waals surface area contributed by atoms with E-state index in [-0.39, 0.29) is 5.91 Å². The monoisotopic (exact) mass is 316 g/mol. The second-order valence-corrected chi connectivity index (χ2v) is 5.81. The quantitative estimate of drug-likeness (QED) is 0.808. The van der Waals surface area contributed by atoms with Crippen LogP contribution < -0.4 is 0 Å². The summed E-state index contributed by atoms with van der Waals surface area (Å²) in [5.41, 5.74) is 0.920. The van der Waals surface area contributed by atoms with Gasteiger partial charge in [-0.25, -0.2) is 0 Å². The molecule has 4 nitrogen and oxygen atoms in total. The summed E-state index contributed by atoms with van der Waals surface area (Å²) in [6, 6.07) is 22.4. The Kier molecular flexibility index (Phi) is 3.40. The summed E-state index contributed by atoms with van der Waals surface area (Å²) in [4.78, 5) is 18.6. The summed E-state index contributed by atoms with van der Waals surface area (Å²) in [6.07, 6.45) is 1.58. The van der Waals surface area contributed by atoms with Gasteiger partial charge in [0, 0.05) is 23.9 Å². The lowest BCUT2D eigenvalue weighted by Gasteiger charge is -2.34. The van der Waals surface area contributed by atoms with Crippen LogP contribution in [-0.4, -0.2) is 20.9 Å². The molecule has 0 saturated heterocycles. The normalized spacial score (nSPS) is 19.4. The van der Waals surface area contributed by atoms with Crippen LogP contribution in [0.1, 0.15) is 27.2 Å². The van der Waals surface area contributed by atoms with Crippen LogP contribution in [0.25, 0.3) is 0 Å². The van der Waals surface area contributed by atoms with Gasteiger partial charge in [0.25, 0.3) is 5.91 Å². The van der Waals surface area contributed by atoms with Gasteiger partial charge in [-0.3, -0.25) is 14.7 Å². The Morgan fingerprint density at radius 3 is 2.29 bits per heavy atom. The van der Waals surface area contributed by atoms with Crippen LogP contribution in [0.3, 0.4) is 0 Å². The van der Waals surface area contributed by atoms with E-state index in [1.807, 2.05) is 60.7 Å². The van der Waals surface area contributed by atoms with E-state index >= 15 is 0 Å². The topological polar surface area (TPSA) is 53.4 Å². The molecule has 1 amide bonds. The van der Waals surface area contributed by atoms with E-state index in [0.717, 1.165) is 5.56 Å². The fraction of sp³-hybridized carbons (Fsp3) is 0.100. The summed E-state index contributed by atoms with van der Waals surface area (Å²) in [5, 5.41) is 11.6. The first kappa shape index (κ1) is 14.6. The molecular formula is C20H16N2O2. The number of nitrogens with zero attached hydrogens (tertiary/aromatic N) is 2. The van der Waals surface area contributed by atoms with Crippen molar-refractivity contribution in [3.05, 3.63) is 101 Å². The third-order valence-electron chi connectivity index (χ3n) is 4.38. The van der Waals surface area contributed by atoms with Crippen molar-refractivity contribution < 1.29 is 9.90 Å². The van der Waals surface area contributed by atoms with Gasteiger partial charge in [0.1, 0.15) is 5.69 Å². The van der Waals surface area contributed by atoms with E-state index in [0.29, 0.717) is 23.4 Å². The van der Waals surface area contributed by atoms with Gasteiger partial charge in [0.2, 0.25) is 0 Å². The number of hydrogen-bond acceptors (Lipinski definition) is 3. The summed E-state index contributed by atoms with van der Waals surface area (Å²) in [6.45, 7) is 0.307. The summed E-state index contributed by atoms with van der Waals surface area (Å²) >= 11 is 0. The molecule has 0 unspecified atom stereocenters. The van der Waals surface area contributed by atoms with Crippen molar-refractivity contribution in [2.75, 3.05) is 0 Å². The van der Waals surface area contributed by atoms with Crippen LogP contribution in [0.15, 0.2) is 79.0 Å². The lowest BCUT2D eigenvalue weighted by molar-refractivity contribution is -0.0542. The maximum Gasteiger partial charge on any atom is 0.276 e. The molecule has 2 heterocycles. The molecule has 1 aliphatic heterocycles. The Morgan fingerprint density at radius 2 is 1.58 bits per heavy atom. The highest BCUT2D eigenvalue weighted by Gasteiger charge is 2.50. The van der Waals surface area contributed by atoms with Crippen molar-refractivity contribution in [1.82, 2.24) is 9.88 Å². The molecule has 118 valence electrons. The largest absolute Gasteiger partial charge is 0.363 e. The van der Waals surface area contributed by atoms with Crippen LogP contribution >= 0.6 is 0 Å². The zero-order chi connectivity index (χ0) is 16.6. The minimum absolute atomic E-state index is 0.263. The molecule has 4 rings (SSSR count). The average molecular weight is 316 g/mol. The molecule has 1 atom stereocenters. The molecular weight excluding hydrogens is 300 g/mol. The van der Waals surface area contributed by atoms with Gasteiger partial charge in [0.05, 0.1) is 0 Å².